The molecule has 0 aromatic carbocycles. The van der Waals surface area contributed by atoms with Crippen molar-refractivity contribution in [1.82, 2.24) is 19.0 Å². The molecule has 1 aliphatic heterocycles. The van der Waals surface area contributed by atoms with Gasteiger partial charge < -0.3 is 4.90 Å². The van der Waals surface area contributed by atoms with Crippen molar-refractivity contribution in [3.05, 3.63) is 49.2 Å². The maximum Gasteiger partial charge on any atom is 0.331 e. The van der Waals surface area contributed by atoms with Crippen LogP contribution in [0.2, 0.25) is 0 Å². The number of nitrogens with zero attached hydrogens (tertiary/aromatic N) is 4. The molecule has 3 heterocycles. The first-order valence-corrected chi connectivity index (χ1v) is 8.83. The molecule has 8 heteroatoms. The van der Waals surface area contributed by atoms with E-state index in [2.05, 4.69) is 4.98 Å². The van der Waals surface area contributed by atoms with E-state index < -0.39 is 5.69 Å². The Kier molecular flexibility index (Phi) is 4.66. The van der Waals surface area contributed by atoms with Crippen LogP contribution in [-0.4, -0.2) is 31.5 Å². The van der Waals surface area contributed by atoms with Gasteiger partial charge in [-0.05, 0) is 26.2 Å². The molecular formula is C16H20N4O3S. The van der Waals surface area contributed by atoms with Crippen LogP contribution in [-0.2, 0) is 18.4 Å². The average molecular weight is 348 g/mol. The highest BCUT2D eigenvalue weighted by atomic mass is 32.1. The molecule has 0 bridgehead atoms. The molecule has 0 spiro atoms. The number of hydrogen-bond acceptors (Lipinski definition) is 5. The molecule has 0 aliphatic carbocycles. The average Bonchev–Trinajstić information content (AvgIpc) is 3.01. The fourth-order valence-electron chi connectivity index (χ4n) is 2.99. The largest absolute Gasteiger partial charge is 0.332 e. The normalized spacial score (nSPS) is 17.9. The van der Waals surface area contributed by atoms with Gasteiger partial charge in [-0.3, -0.25) is 18.7 Å². The summed E-state index contributed by atoms with van der Waals surface area (Å²) in [6, 6.07) is 1.28. The zero-order valence-corrected chi connectivity index (χ0v) is 14.6. The molecule has 128 valence electrons. The lowest BCUT2D eigenvalue weighted by Crippen LogP contribution is -2.44. The smallest absolute Gasteiger partial charge is 0.331 e. The number of carbonyl (C=O) groups excluding carboxylic acids is 1. The van der Waals surface area contributed by atoms with Gasteiger partial charge in [0, 0.05) is 36.9 Å². The zero-order chi connectivity index (χ0) is 17.3. The lowest BCUT2D eigenvalue weighted by Gasteiger charge is -2.34. The lowest BCUT2D eigenvalue weighted by molar-refractivity contribution is -0.135. The van der Waals surface area contributed by atoms with E-state index in [1.165, 1.54) is 23.9 Å². The fraction of sp³-hybridized carbons (Fsp3) is 0.500. The second-order valence-electron chi connectivity index (χ2n) is 6.05. The van der Waals surface area contributed by atoms with Crippen LogP contribution in [0.1, 0.15) is 36.0 Å². The van der Waals surface area contributed by atoms with Gasteiger partial charge in [0.25, 0.3) is 5.56 Å². The molecule has 1 fully saturated rings. The van der Waals surface area contributed by atoms with E-state index in [-0.39, 0.29) is 24.1 Å². The van der Waals surface area contributed by atoms with Crippen molar-refractivity contribution < 1.29 is 4.79 Å². The summed E-state index contributed by atoms with van der Waals surface area (Å²) in [5.41, 5.74) is 0.106. The minimum Gasteiger partial charge on any atom is -0.332 e. The number of piperidine rings is 1. The molecule has 3 rings (SSSR count). The Bertz CT molecular complexity index is 867. The van der Waals surface area contributed by atoms with Gasteiger partial charge in [-0.15, -0.1) is 11.3 Å². The summed E-state index contributed by atoms with van der Waals surface area (Å²) in [5, 5.41) is 2.94. The summed E-state index contributed by atoms with van der Waals surface area (Å²) < 4.78 is 2.29. The van der Waals surface area contributed by atoms with Crippen LogP contribution in [0.4, 0.5) is 0 Å². The first-order valence-electron chi connectivity index (χ1n) is 7.95. The monoisotopic (exact) mass is 348 g/mol. The maximum atomic E-state index is 12.8. The van der Waals surface area contributed by atoms with Gasteiger partial charge in [0.15, 0.2) is 0 Å². The summed E-state index contributed by atoms with van der Waals surface area (Å²) in [5.74, 6) is -0.117. The molecule has 1 aliphatic rings. The highest BCUT2D eigenvalue weighted by Gasteiger charge is 2.30. The van der Waals surface area contributed by atoms with E-state index in [4.69, 9.17) is 0 Å². The molecular weight excluding hydrogens is 328 g/mol. The standard InChI is InChI=1S/C16H20N4O3S/c1-11-10-24-15(17-11)12-5-3-4-7-20(12)14(22)9-19-8-6-13(21)18(2)16(19)23/h6,8,10,12H,3-5,7,9H2,1-2H3/t12-/m0/s1. The van der Waals surface area contributed by atoms with Crippen LogP contribution in [0.15, 0.2) is 27.2 Å². The van der Waals surface area contributed by atoms with Crippen molar-refractivity contribution in [1.29, 1.82) is 0 Å². The molecule has 2 aromatic heterocycles. The Morgan fingerprint density at radius 3 is 2.88 bits per heavy atom. The second kappa shape index (κ2) is 6.72. The number of amides is 1. The van der Waals surface area contributed by atoms with Crippen LogP contribution >= 0.6 is 11.3 Å². The highest BCUT2D eigenvalue weighted by molar-refractivity contribution is 7.09. The first kappa shape index (κ1) is 16.6. The third kappa shape index (κ3) is 3.19. The SMILES string of the molecule is Cc1csc([C@@H]2CCCCN2C(=O)Cn2ccc(=O)n(C)c2=O)n1. The van der Waals surface area contributed by atoms with E-state index in [9.17, 15) is 14.4 Å². The van der Waals surface area contributed by atoms with E-state index >= 15 is 0 Å². The molecule has 24 heavy (non-hydrogen) atoms. The number of thiazole rings is 1. The summed E-state index contributed by atoms with van der Waals surface area (Å²) in [4.78, 5) is 42.7. The van der Waals surface area contributed by atoms with Crippen LogP contribution < -0.4 is 11.2 Å². The molecule has 1 amide bonds. The predicted molar refractivity (Wildman–Crippen MR) is 91.1 cm³/mol. The Hall–Kier alpha value is -2.22. The number of carbonyl (C=O) groups is 1. The molecule has 1 atom stereocenters. The molecule has 0 unspecified atom stereocenters. The molecule has 0 saturated carbocycles. The van der Waals surface area contributed by atoms with Gasteiger partial charge in [-0.2, -0.15) is 0 Å². The second-order valence-corrected chi connectivity index (χ2v) is 6.94. The van der Waals surface area contributed by atoms with Crippen molar-refractivity contribution in [2.45, 2.75) is 38.8 Å². The number of hydrogen-bond donors (Lipinski definition) is 0. The summed E-state index contributed by atoms with van der Waals surface area (Å²) >= 11 is 1.57. The Labute approximate surface area is 143 Å². The van der Waals surface area contributed by atoms with Gasteiger partial charge in [-0.25, -0.2) is 9.78 Å². The summed E-state index contributed by atoms with van der Waals surface area (Å²) in [6.07, 6.45) is 4.29. The maximum absolute atomic E-state index is 12.8. The van der Waals surface area contributed by atoms with Gasteiger partial charge >= 0.3 is 5.69 Å². The van der Waals surface area contributed by atoms with Crippen molar-refractivity contribution in [3.63, 3.8) is 0 Å². The molecule has 7 nitrogen and oxygen atoms in total. The van der Waals surface area contributed by atoms with E-state index in [1.807, 2.05) is 17.2 Å². The highest BCUT2D eigenvalue weighted by Crippen LogP contribution is 2.32. The summed E-state index contributed by atoms with van der Waals surface area (Å²) in [7, 11) is 1.41. The number of aromatic nitrogens is 3. The molecule has 0 N–H and O–H groups in total. The topological polar surface area (TPSA) is 77.2 Å². The third-order valence-corrected chi connectivity index (χ3v) is 5.37. The lowest BCUT2D eigenvalue weighted by atomic mass is 10.0. The number of aryl methyl sites for hydroxylation is 1. The summed E-state index contributed by atoms with van der Waals surface area (Å²) in [6.45, 7) is 2.55. The quantitative estimate of drug-likeness (QED) is 0.831. The Morgan fingerprint density at radius 1 is 1.38 bits per heavy atom. The molecule has 2 aromatic rings. The van der Waals surface area contributed by atoms with Crippen LogP contribution in [0.25, 0.3) is 0 Å². The van der Waals surface area contributed by atoms with Crippen LogP contribution in [0.3, 0.4) is 0 Å². The number of rotatable bonds is 3. The fourth-order valence-corrected chi connectivity index (χ4v) is 3.93. The van der Waals surface area contributed by atoms with Crippen LogP contribution in [0.5, 0.6) is 0 Å². The van der Waals surface area contributed by atoms with Crippen molar-refractivity contribution in [2.24, 2.45) is 7.05 Å². The van der Waals surface area contributed by atoms with E-state index in [1.54, 1.807) is 11.3 Å². The van der Waals surface area contributed by atoms with Gasteiger partial charge in [0.1, 0.15) is 11.6 Å². The zero-order valence-electron chi connectivity index (χ0n) is 13.8. The first-order chi connectivity index (χ1) is 11.5. The van der Waals surface area contributed by atoms with Gasteiger partial charge in [-0.1, -0.05) is 0 Å². The van der Waals surface area contributed by atoms with Crippen molar-refractivity contribution in [3.8, 4) is 0 Å². The Balaban J connectivity index is 1.84. The van der Waals surface area contributed by atoms with Gasteiger partial charge in [0.05, 0.1) is 6.04 Å². The third-order valence-electron chi connectivity index (χ3n) is 4.31. The van der Waals surface area contributed by atoms with Gasteiger partial charge in [0.2, 0.25) is 5.91 Å². The number of likely N-dealkylation sites (tertiary alicyclic amines) is 1. The van der Waals surface area contributed by atoms with Crippen LogP contribution in [0, 0.1) is 6.92 Å². The van der Waals surface area contributed by atoms with E-state index in [0.717, 1.165) is 34.5 Å². The predicted octanol–water partition coefficient (Wildman–Crippen LogP) is 1.07. The molecule has 1 saturated heterocycles. The Morgan fingerprint density at radius 2 is 2.17 bits per heavy atom. The minimum absolute atomic E-state index is 0.0202. The minimum atomic E-state index is -0.477. The van der Waals surface area contributed by atoms with E-state index in [0.29, 0.717) is 6.54 Å². The van der Waals surface area contributed by atoms with Crippen molar-refractivity contribution in [2.75, 3.05) is 6.54 Å². The van der Waals surface area contributed by atoms with Crippen molar-refractivity contribution >= 4 is 17.2 Å². The molecule has 0 radical (unpaired) electrons.